The van der Waals surface area contributed by atoms with Crippen LogP contribution in [-0.4, -0.2) is 16.2 Å². The number of hydrogen-bond acceptors (Lipinski definition) is 5. The maximum atomic E-state index is 10.8. The van der Waals surface area contributed by atoms with Gasteiger partial charge in [0.1, 0.15) is 11.9 Å². The van der Waals surface area contributed by atoms with Crippen molar-refractivity contribution in [1.29, 1.82) is 0 Å². The Morgan fingerprint density at radius 1 is 1.40 bits per heavy atom. The predicted molar refractivity (Wildman–Crippen MR) is 75.2 cm³/mol. The molecule has 0 aliphatic heterocycles. The van der Waals surface area contributed by atoms with Gasteiger partial charge in [-0.3, -0.25) is 14.9 Å². The largest absolute Gasteiger partial charge is 0.439 e. The average Bonchev–Trinajstić information content (AvgIpc) is 2.40. The van der Waals surface area contributed by atoms with Gasteiger partial charge in [0.05, 0.1) is 4.92 Å². The minimum Gasteiger partial charge on any atom is -0.439 e. The predicted octanol–water partition coefficient (Wildman–Crippen LogP) is 3.67. The number of benzene rings is 1. The Morgan fingerprint density at radius 2 is 2.15 bits per heavy atom. The number of halogens is 1. The first-order chi connectivity index (χ1) is 9.51. The molecule has 0 bridgehead atoms. The van der Waals surface area contributed by atoms with E-state index in [0.29, 0.717) is 27.6 Å². The van der Waals surface area contributed by atoms with E-state index in [1.54, 1.807) is 25.1 Å². The van der Waals surface area contributed by atoms with Crippen LogP contribution in [0.4, 0.5) is 5.69 Å². The quantitative estimate of drug-likeness (QED) is 0.483. The normalized spacial score (nSPS) is 10.1. The van der Waals surface area contributed by atoms with Gasteiger partial charge in [0.25, 0.3) is 5.69 Å². The minimum atomic E-state index is -0.504. The summed E-state index contributed by atoms with van der Waals surface area (Å²) in [6.07, 6.45) is 1.84. The zero-order valence-electron chi connectivity index (χ0n) is 10.4. The van der Waals surface area contributed by atoms with Crippen molar-refractivity contribution in [2.75, 3.05) is 0 Å². The third-order valence-corrected chi connectivity index (χ3v) is 3.29. The molecule has 0 saturated heterocycles. The summed E-state index contributed by atoms with van der Waals surface area (Å²) in [5.74, 6) is 0.656. The summed E-state index contributed by atoms with van der Waals surface area (Å²) >= 11 is 3.24. The second kappa shape index (κ2) is 5.79. The molecular weight excluding hydrogens is 328 g/mol. The molecule has 102 valence electrons. The molecule has 2 rings (SSSR count). The monoisotopic (exact) mass is 336 g/mol. The molecule has 6 nitrogen and oxygen atoms in total. The Labute approximate surface area is 122 Å². The lowest BCUT2D eigenvalue weighted by atomic mass is 10.2. The Hall–Kier alpha value is -2.28. The molecule has 0 fully saturated rings. The fraction of sp³-hybridized carbons (Fsp3) is 0.0769. The topological polar surface area (TPSA) is 82.3 Å². The third kappa shape index (κ3) is 3.00. The molecule has 1 aromatic carbocycles. The minimum absolute atomic E-state index is 0.0678. The van der Waals surface area contributed by atoms with Gasteiger partial charge < -0.3 is 4.74 Å². The molecule has 1 heterocycles. The van der Waals surface area contributed by atoms with Crippen LogP contribution < -0.4 is 4.74 Å². The lowest BCUT2D eigenvalue weighted by molar-refractivity contribution is -0.385. The van der Waals surface area contributed by atoms with E-state index < -0.39 is 4.92 Å². The summed E-state index contributed by atoms with van der Waals surface area (Å²) in [7, 11) is 0. The zero-order valence-corrected chi connectivity index (χ0v) is 12.0. The Bertz CT molecular complexity index is 688. The average molecular weight is 337 g/mol. The van der Waals surface area contributed by atoms with Crippen LogP contribution in [0.5, 0.6) is 11.6 Å². The highest BCUT2D eigenvalue weighted by Crippen LogP contribution is 2.27. The number of nitrogens with zero attached hydrogens (tertiary/aromatic N) is 2. The summed E-state index contributed by atoms with van der Waals surface area (Å²) in [4.78, 5) is 24.9. The van der Waals surface area contributed by atoms with Crippen LogP contribution in [-0.2, 0) is 0 Å². The zero-order chi connectivity index (χ0) is 14.7. The van der Waals surface area contributed by atoms with E-state index in [0.717, 1.165) is 6.20 Å². The molecular formula is C13H9BrN2O4. The maximum absolute atomic E-state index is 10.8. The Kier molecular flexibility index (Phi) is 4.09. The highest BCUT2D eigenvalue weighted by atomic mass is 79.9. The number of aryl methyl sites for hydroxylation is 1. The molecule has 0 unspecified atom stereocenters. The number of carbonyl (C=O) groups excluding carboxylic acids is 1. The molecule has 0 saturated carbocycles. The molecule has 1 aromatic heterocycles. The fourth-order valence-electron chi connectivity index (χ4n) is 1.57. The molecule has 7 heteroatoms. The van der Waals surface area contributed by atoms with Crippen LogP contribution in [0.15, 0.2) is 34.9 Å². The van der Waals surface area contributed by atoms with Crippen LogP contribution in [0, 0.1) is 17.0 Å². The highest BCUT2D eigenvalue weighted by molar-refractivity contribution is 9.10. The lowest BCUT2D eigenvalue weighted by Crippen LogP contribution is -1.95. The molecule has 0 aliphatic rings. The van der Waals surface area contributed by atoms with E-state index in [4.69, 9.17) is 4.74 Å². The summed E-state index contributed by atoms with van der Waals surface area (Å²) in [6, 6.07) is 6.36. The van der Waals surface area contributed by atoms with Gasteiger partial charge in [-0.1, -0.05) is 15.9 Å². The standard InChI is InChI=1S/C13H9BrN2O4/c1-8-4-13(15-6-12(8)16(18)19)20-10-2-3-11(14)9(5-10)7-17/h2-7H,1H3. The van der Waals surface area contributed by atoms with E-state index in [1.807, 2.05) is 0 Å². The number of pyridine rings is 1. The first-order valence-corrected chi connectivity index (χ1v) is 6.34. The van der Waals surface area contributed by atoms with Crippen LogP contribution in [0.3, 0.4) is 0 Å². The number of nitro groups is 1. The molecule has 0 aliphatic carbocycles. The second-order valence-electron chi connectivity index (χ2n) is 3.97. The highest BCUT2D eigenvalue weighted by Gasteiger charge is 2.12. The van der Waals surface area contributed by atoms with Crippen LogP contribution in [0.25, 0.3) is 0 Å². The van der Waals surface area contributed by atoms with Crippen molar-refractivity contribution in [2.45, 2.75) is 6.92 Å². The summed E-state index contributed by atoms with van der Waals surface area (Å²) in [5, 5.41) is 10.7. The van der Waals surface area contributed by atoms with Crippen molar-refractivity contribution in [3.8, 4) is 11.6 Å². The molecule has 0 radical (unpaired) electrons. The van der Waals surface area contributed by atoms with Gasteiger partial charge in [-0.2, -0.15) is 0 Å². The second-order valence-corrected chi connectivity index (χ2v) is 4.82. The van der Waals surface area contributed by atoms with Gasteiger partial charge in [0.2, 0.25) is 5.88 Å². The van der Waals surface area contributed by atoms with E-state index in [-0.39, 0.29) is 11.6 Å². The Balaban J connectivity index is 2.28. The first kappa shape index (κ1) is 14.1. The van der Waals surface area contributed by atoms with Gasteiger partial charge >= 0.3 is 0 Å². The van der Waals surface area contributed by atoms with Crippen molar-refractivity contribution in [1.82, 2.24) is 4.98 Å². The van der Waals surface area contributed by atoms with Gasteiger partial charge in [-0.15, -0.1) is 0 Å². The SMILES string of the molecule is Cc1cc(Oc2ccc(Br)c(C=O)c2)ncc1[N+](=O)[O-]. The number of aldehydes is 1. The van der Waals surface area contributed by atoms with Crippen molar-refractivity contribution in [3.63, 3.8) is 0 Å². The van der Waals surface area contributed by atoms with Gasteiger partial charge in [-0.05, 0) is 25.1 Å². The van der Waals surface area contributed by atoms with Crippen molar-refractivity contribution >= 4 is 27.9 Å². The lowest BCUT2D eigenvalue weighted by Gasteiger charge is -2.06. The van der Waals surface area contributed by atoms with E-state index in [2.05, 4.69) is 20.9 Å². The number of hydrogen-bond donors (Lipinski definition) is 0. The van der Waals surface area contributed by atoms with E-state index in [9.17, 15) is 14.9 Å². The number of carbonyl (C=O) groups is 1. The van der Waals surface area contributed by atoms with Crippen molar-refractivity contribution < 1.29 is 14.5 Å². The van der Waals surface area contributed by atoms with Crippen LogP contribution in [0.1, 0.15) is 15.9 Å². The molecule has 0 atom stereocenters. The van der Waals surface area contributed by atoms with Crippen LogP contribution >= 0.6 is 15.9 Å². The third-order valence-electron chi connectivity index (χ3n) is 2.57. The van der Waals surface area contributed by atoms with E-state index in [1.165, 1.54) is 6.07 Å². The fourth-order valence-corrected chi connectivity index (χ4v) is 1.91. The molecule has 20 heavy (non-hydrogen) atoms. The van der Waals surface area contributed by atoms with Crippen molar-refractivity contribution in [3.05, 3.63) is 56.2 Å². The molecule has 0 N–H and O–H groups in total. The summed E-state index contributed by atoms with van der Waals surface area (Å²) in [5.41, 5.74) is 0.829. The Morgan fingerprint density at radius 3 is 2.75 bits per heavy atom. The first-order valence-electron chi connectivity index (χ1n) is 5.55. The smallest absolute Gasteiger partial charge is 0.290 e. The maximum Gasteiger partial charge on any atom is 0.290 e. The number of ether oxygens (including phenoxy) is 1. The summed E-state index contributed by atoms with van der Waals surface area (Å²) in [6.45, 7) is 1.60. The molecule has 0 spiro atoms. The van der Waals surface area contributed by atoms with Gasteiger partial charge in [0, 0.05) is 21.7 Å². The van der Waals surface area contributed by atoms with E-state index >= 15 is 0 Å². The molecule has 0 amide bonds. The summed E-state index contributed by atoms with van der Waals surface area (Å²) < 4.78 is 6.14. The van der Waals surface area contributed by atoms with Crippen LogP contribution in [0.2, 0.25) is 0 Å². The van der Waals surface area contributed by atoms with Gasteiger partial charge in [-0.25, -0.2) is 4.98 Å². The number of aromatic nitrogens is 1. The number of rotatable bonds is 4. The molecule has 2 aromatic rings. The van der Waals surface area contributed by atoms with Gasteiger partial charge in [0.15, 0.2) is 6.29 Å². The van der Waals surface area contributed by atoms with Crippen molar-refractivity contribution in [2.24, 2.45) is 0 Å².